The van der Waals surface area contributed by atoms with Crippen LogP contribution in [0.2, 0.25) is 0 Å². The first-order valence-corrected chi connectivity index (χ1v) is 15.9. The number of benzene rings is 3. The first-order chi connectivity index (χ1) is 18.4. The van der Waals surface area contributed by atoms with E-state index >= 15 is 0 Å². The Hall–Kier alpha value is -2.30. The van der Waals surface area contributed by atoms with Gasteiger partial charge >= 0.3 is 0 Å². The molecule has 4 rings (SSSR count). The molecule has 1 heterocycles. The van der Waals surface area contributed by atoms with Crippen LogP contribution in [0.5, 0.6) is 0 Å². The monoisotopic (exact) mass is 618 g/mol. The number of aromatic nitrogens is 1. The summed E-state index contributed by atoms with van der Waals surface area (Å²) in [5, 5.41) is 9.22. The van der Waals surface area contributed by atoms with Gasteiger partial charge in [0, 0.05) is 56.3 Å². The molecule has 0 saturated carbocycles. The van der Waals surface area contributed by atoms with Crippen molar-refractivity contribution in [1.29, 1.82) is 5.26 Å². The largest absolute Gasteiger partial charge is 0.356 e. The van der Waals surface area contributed by atoms with E-state index in [1.54, 1.807) is 11.8 Å². The maximum atomic E-state index is 9.22. The van der Waals surface area contributed by atoms with Gasteiger partial charge in [-0.15, -0.1) is 23.5 Å². The highest BCUT2D eigenvalue weighted by molar-refractivity contribution is 9.10. The van der Waals surface area contributed by atoms with Crippen LogP contribution >= 0.6 is 51.7 Å². The van der Waals surface area contributed by atoms with Gasteiger partial charge < -0.3 is 4.57 Å². The summed E-state index contributed by atoms with van der Waals surface area (Å²) in [6.07, 6.45) is 6.20. The average molecular weight is 620 g/mol. The summed E-state index contributed by atoms with van der Waals surface area (Å²) in [4.78, 5) is 2.47. The molecule has 0 amide bonds. The van der Waals surface area contributed by atoms with Gasteiger partial charge in [0.25, 0.3) is 0 Å². The normalized spacial score (nSPS) is 11.8. The van der Waals surface area contributed by atoms with Crippen molar-refractivity contribution in [2.75, 3.05) is 11.5 Å². The Morgan fingerprint density at radius 2 is 1.68 bits per heavy atom. The molecule has 6 heteroatoms. The van der Waals surface area contributed by atoms with Gasteiger partial charge in [-0.2, -0.15) is 5.26 Å². The van der Waals surface area contributed by atoms with Gasteiger partial charge in [0.15, 0.2) is 0 Å². The fraction of sp³-hybridized carbons (Fsp3) is 0.250. The Kier molecular flexibility index (Phi) is 10.3. The minimum absolute atomic E-state index is 0.0147. The molecular formula is C32H31BrN2S3. The van der Waals surface area contributed by atoms with Gasteiger partial charge in [-0.05, 0) is 60.2 Å². The zero-order chi connectivity index (χ0) is 27.1. The second kappa shape index (κ2) is 13.7. The Morgan fingerprint density at radius 1 is 0.947 bits per heavy atom. The van der Waals surface area contributed by atoms with Crippen LogP contribution in [-0.2, 0) is 19.9 Å². The van der Waals surface area contributed by atoms with E-state index in [1.807, 2.05) is 18.7 Å². The Morgan fingerprint density at radius 3 is 2.37 bits per heavy atom. The molecule has 0 spiro atoms. The highest BCUT2D eigenvalue weighted by Gasteiger charge is 2.16. The quantitative estimate of drug-likeness (QED) is 0.131. The summed E-state index contributed by atoms with van der Waals surface area (Å²) in [6.45, 7) is 4.16. The van der Waals surface area contributed by atoms with Gasteiger partial charge in [-0.3, -0.25) is 0 Å². The van der Waals surface area contributed by atoms with Crippen molar-refractivity contribution in [3.05, 3.63) is 99.2 Å². The number of nitriles is 1. The van der Waals surface area contributed by atoms with E-state index in [9.17, 15) is 5.26 Å². The lowest BCUT2D eigenvalue weighted by atomic mass is 9.96. The van der Waals surface area contributed by atoms with Crippen LogP contribution in [0.3, 0.4) is 0 Å². The standard InChI is InChI=1S/C32H31BrN2S3/c1-4-25-26(11-8-12-31(25)38-21-22(2)18-34)28-19-35(3)20-29(32(28)36)27-14-13-24(17-30(27)33)37-16-15-23-9-6-5-7-10-23/h5-14,17,19-20,22H,4,15-16,21H2,1-3H3. The van der Waals surface area contributed by atoms with Gasteiger partial charge in [0.05, 0.1) is 16.5 Å². The van der Waals surface area contributed by atoms with Crippen molar-refractivity contribution in [1.82, 2.24) is 4.57 Å². The number of hydrogen-bond acceptors (Lipinski definition) is 4. The number of thioether (sulfide) groups is 2. The van der Waals surface area contributed by atoms with Crippen LogP contribution in [-0.4, -0.2) is 16.1 Å². The van der Waals surface area contributed by atoms with Crippen LogP contribution in [0.1, 0.15) is 25.0 Å². The van der Waals surface area contributed by atoms with E-state index in [1.165, 1.54) is 26.5 Å². The summed E-state index contributed by atoms with van der Waals surface area (Å²) in [7, 11) is 2.06. The lowest BCUT2D eigenvalue weighted by Crippen LogP contribution is -2.00. The van der Waals surface area contributed by atoms with Crippen molar-refractivity contribution >= 4 is 51.7 Å². The SMILES string of the molecule is CCc1c(SCC(C)C#N)cccc1-c1cn(C)cc(-c2ccc(SCCc3ccccc3)cc2Br)c1=S. The number of aryl methyl sites for hydroxylation is 2. The van der Waals surface area contributed by atoms with Crippen LogP contribution in [0.25, 0.3) is 22.3 Å². The molecule has 1 atom stereocenters. The van der Waals surface area contributed by atoms with Crippen LogP contribution in [0, 0.1) is 21.8 Å². The first kappa shape index (κ1) is 28.7. The molecule has 0 radical (unpaired) electrons. The third-order valence-electron chi connectivity index (χ3n) is 6.37. The highest BCUT2D eigenvalue weighted by atomic mass is 79.9. The molecule has 2 nitrogen and oxygen atoms in total. The van der Waals surface area contributed by atoms with Crippen molar-refractivity contribution in [3.63, 3.8) is 0 Å². The zero-order valence-electron chi connectivity index (χ0n) is 21.9. The van der Waals surface area contributed by atoms with Crippen molar-refractivity contribution < 1.29 is 0 Å². The molecule has 194 valence electrons. The fourth-order valence-corrected chi connectivity index (χ4v) is 7.51. The Balaban J connectivity index is 1.63. The molecule has 4 aromatic rings. The molecule has 0 fully saturated rings. The van der Waals surface area contributed by atoms with Gasteiger partial charge in [0.1, 0.15) is 0 Å². The van der Waals surface area contributed by atoms with Crippen molar-refractivity contribution in [3.8, 4) is 28.3 Å². The average Bonchev–Trinajstić information content (AvgIpc) is 2.93. The first-order valence-electron chi connectivity index (χ1n) is 12.7. The molecule has 0 aliphatic heterocycles. The van der Waals surface area contributed by atoms with E-state index in [4.69, 9.17) is 12.2 Å². The number of rotatable bonds is 10. The number of hydrogen-bond donors (Lipinski definition) is 0. The molecule has 1 unspecified atom stereocenters. The molecule has 0 aliphatic rings. The highest BCUT2D eigenvalue weighted by Crippen LogP contribution is 2.38. The maximum Gasteiger partial charge on any atom is 0.0661 e. The molecule has 0 saturated heterocycles. The summed E-state index contributed by atoms with van der Waals surface area (Å²) in [5.41, 5.74) is 7.05. The van der Waals surface area contributed by atoms with Gasteiger partial charge in [0.2, 0.25) is 0 Å². The predicted molar refractivity (Wildman–Crippen MR) is 171 cm³/mol. The number of pyridine rings is 1. The Labute approximate surface area is 248 Å². The summed E-state index contributed by atoms with van der Waals surface area (Å²) < 4.78 is 4.01. The molecule has 1 aromatic heterocycles. The van der Waals surface area contributed by atoms with Crippen LogP contribution in [0.15, 0.2) is 93.4 Å². The molecule has 0 bridgehead atoms. The predicted octanol–water partition coefficient (Wildman–Crippen LogP) is 10.0. The summed E-state index contributed by atoms with van der Waals surface area (Å²) in [5.74, 6) is 1.83. The molecule has 0 N–H and O–H groups in total. The maximum absolute atomic E-state index is 9.22. The molecular weight excluding hydrogens is 588 g/mol. The summed E-state index contributed by atoms with van der Waals surface area (Å²) >= 11 is 13.6. The minimum atomic E-state index is 0.0147. The van der Waals surface area contributed by atoms with Crippen molar-refractivity contribution in [2.45, 2.75) is 36.5 Å². The number of nitrogens with zero attached hydrogens (tertiary/aromatic N) is 2. The molecule has 0 aliphatic carbocycles. The van der Waals surface area contributed by atoms with E-state index in [2.05, 4.69) is 120 Å². The second-order valence-corrected chi connectivity index (χ2v) is 12.8. The smallest absolute Gasteiger partial charge is 0.0661 e. The molecule has 3 aromatic carbocycles. The fourth-order valence-electron chi connectivity index (χ4n) is 4.40. The van der Waals surface area contributed by atoms with E-state index in [-0.39, 0.29) is 5.92 Å². The van der Waals surface area contributed by atoms with Crippen LogP contribution in [0.4, 0.5) is 0 Å². The number of halogens is 1. The summed E-state index contributed by atoms with van der Waals surface area (Å²) in [6, 6.07) is 26.0. The van der Waals surface area contributed by atoms with E-state index < -0.39 is 0 Å². The van der Waals surface area contributed by atoms with E-state index in [0.29, 0.717) is 0 Å². The Bertz CT molecular complexity index is 1510. The lowest BCUT2D eigenvalue weighted by molar-refractivity contribution is 0.863. The molecule has 38 heavy (non-hydrogen) atoms. The van der Waals surface area contributed by atoms with Gasteiger partial charge in [-0.25, -0.2) is 0 Å². The zero-order valence-corrected chi connectivity index (χ0v) is 25.9. The third-order valence-corrected chi connectivity index (χ3v) is 9.83. The second-order valence-electron chi connectivity index (χ2n) is 9.28. The topological polar surface area (TPSA) is 28.7 Å². The third kappa shape index (κ3) is 7.01. The van der Waals surface area contributed by atoms with Gasteiger partial charge in [-0.1, -0.05) is 83.6 Å². The lowest BCUT2D eigenvalue weighted by Gasteiger charge is -2.17. The minimum Gasteiger partial charge on any atom is -0.356 e. The van der Waals surface area contributed by atoms with Crippen molar-refractivity contribution in [2.24, 2.45) is 13.0 Å². The van der Waals surface area contributed by atoms with E-state index in [0.717, 1.165) is 50.0 Å². The van der Waals surface area contributed by atoms with Crippen LogP contribution < -0.4 is 0 Å².